The van der Waals surface area contributed by atoms with Gasteiger partial charge in [-0.1, -0.05) is 11.6 Å². The van der Waals surface area contributed by atoms with Gasteiger partial charge < -0.3 is 15.2 Å². The fourth-order valence-corrected chi connectivity index (χ4v) is 1.40. The summed E-state index contributed by atoms with van der Waals surface area (Å²) in [5, 5.41) is 12.4. The average Bonchev–Trinajstić information content (AvgIpc) is 2.31. The number of carbonyl (C=O) groups is 1. The maximum absolute atomic E-state index is 11.5. The zero-order valence-corrected chi connectivity index (χ0v) is 11.3. The Hall–Kier alpha value is -1.26. The summed E-state index contributed by atoms with van der Waals surface area (Å²) in [4.78, 5) is 11.5. The summed E-state index contributed by atoms with van der Waals surface area (Å²) in [7, 11) is 0. The molecule has 1 rings (SSSR count). The molecule has 0 radical (unpaired) electrons. The van der Waals surface area contributed by atoms with Crippen molar-refractivity contribution in [2.75, 3.05) is 13.2 Å². The van der Waals surface area contributed by atoms with E-state index in [2.05, 4.69) is 5.32 Å². The van der Waals surface area contributed by atoms with Crippen molar-refractivity contribution in [2.24, 2.45) is 0 Å². The monoisotopic (exact) mass is 271 g/mol. The quantitative estimate of drug-likeness (QED) is 0.832. The lowest BCUT2D eigenvalue weighted by atomic mass is 10.1. The molecule has 0 aliphatic carbocycles. The molecule has 1 aromatic carbocycles. The third kappa shape index (κ3) is 5.38. The molecule has 18 heavy (non-hydrogen) atoms. The first-order valence-electron chi connectivity index (χ1n) is 5.73. The van der Waals surface area contributed by atoms with Crippen molar-refractivity contribution < 1.29 is 14.6 Å². The highest BCUT2D eigenvalue weighted by atomic mass is 35.5. The first-order chi connectivity index (χ1) is 8.43. The number of hydrogen-bond acceptors (Lipinski definition) is 3. The Kier molecular flexibility index (Phi) is 5.44. The van der Waals surface area contributed by atoms with Crippen molar-refractivity contribution in [3.05, 3.63) is 29.3 Å². The average molecular weight is 272 g/mol. The Morgan fingerprint density at radius 2 is 2.00 bits per heavy atom. The summed E-state index contributed by atoms with van der Waals surface area (Å²) in [6, 6.07) is 6.95. The SMILES string of the molecule is CC(C)(CO)NC(=O)CCOc1ccc(Cl)cc1. The molecule has 0 fully saturated rings. The highest BCUT2D eigenvalue weighted by Crippen LogP contribution is 2.15. The Bertz CT molecular complexity index is 390. The third-order valence-corrected chi connectivity index (χ3v) is 2.54. The van der Waals surface area contributed by atoms with Crippen molar-refractivity contribution in [1.82, 2.24) is 5.32 Å². The predicted molar refractivity (Wildman–Crippen MR) is 70.9 cm³/mol. The Balaban J connectivity index is 2.29. The van der Waals surface area contributed by atoms with Gasteiger partial charge >= 0.3 is 0 Å². The van der Waals surface area contributed by atoms with E-state index in [0.29, 0.717) is 10.8 Å². The van der Waals surface area contributed by atoms with E-state index in [4.69, 9.17) is 21.4 Å². The van der Waals surface area contributed by atoms with Gasteiger partial charge in [0.2, 0.25) is 5.91 Å². The number of aliphatic hydroxyl groups excluding tert-OH is 1. The zero-order valence-electron chi connectivity index (χ0n) is 10.6. The lowest BCUT2D eigenvalue weighted by Gasteiger charge is -2.23. The molecule has 2 N–H and O–H groups in total. The van der Waals surface area contributed by atoms with Gasteiger partial charge in [-0.05, 0) is 38.1 Å². The Morgan fingerprint density at radius 1 is 1.39 bits per heavy atom. The van der Waals surface area contributed by atoms with Crippen molar-refractivity contribution in [2.45, 2.75) is 25.8 Å². The van der Waals surface area contributed by atoms with Crippen molar-refractivity contribution >= 4 is 17.5 Å². The van der Waals surface area contributed by atoms with E-state index < -0.39 is 5.54 Å². The molecule has 100 valence electrons. The number of aliphatic hydroxyl groups is 1. The second kappa shape index (κ2) is 6.61. The molecular weight excluding hydrogens is 254 g/mol. The molecule has 0 bridgehead atoms. The maximum atomic E-state index is 11.5. The van der Waals surface area contributed by atoms with Crippen LogP contribution in [-0.4, -0.2) is 29.8 Å². The number of halogens is 1. The molecule has 0 aromatic heterocycles. The van der Waals surface area contributed by atoms with Crippen LogP contribution in [0.4, 0.5) is 0 Å². The van der Waals surface area contributed by atoms with Crippen LogP contribution in [0.5, 0.6) is 5.75 Å². The van der Waals surface area contributed by atoms with E-state index in [0.717, 1.165) is 0 Å². The summed E-state index contributed by atoms with van der Waals surface area (Å²) in [5.41, 5.74) is -0.600. The first kappa shape index (κ1) is 14.8. The smallest absolute Gasteiger partial charge is 0.223 e. The first-order valence-corrected chi connectivity index (χ1v) is 6.11. The second-order valence-electron chi connectivity index (χ2n) is 4.64. The van der Waals surface area contributed by atoms with E-state index in [9.17, 15) is 4.79 Å². The number of ether oxygens (including phenoxy) is 1. The molecule has 0 unspecified atom stereocenters. The van der Waals surface area contributed by atoms with Gasteiger partial charge in [-0.3, -0.25) is 4.79 Å². The van der Waals surface area contributed by atoms with Crippen molar-refractivity contribution in [3.63, 3.8) is 0 Å². The summed E-state index contributed by atoms with van der Waals surface area (Å²) in [6.07, 6.45) is 0.242. The molecule has 1 aromatic rings. The van der Waals surface area contributed by atoms with Crippen LogP contribution < -0.4 is 10.1 Å². The molecule has 1 amide bonds. The van der Waals surface area contributed by atoms with Crippen LogP contribution in [0.1, 0.15) is 20.3 Å². The molecule has 0 atom stereocenters. The Morgan fingerprint density at radius 3 is 2.56 bits per heavy atom. The second-order valence-corrected chi connectivity index (χ2v) is 5.08. The standard InChI is InChI=1S/C13H18ClNO3/c1-13(2,9-16)15-12(17)7-8-18-11-5-3-10(14)4-6-11/h3-6,16H,7-9H2,1-2H3,(H,15,17). The largest absolute Gasteiger partial charge is 0.493 e. The minimum atomic E-state index is -0.600. The van der Waals surface area contributed by atoms with Crippen LogP contribution in [0.2, 0.25) is 5.02 Å². The maximum Gasteiger partial charge on any atom is 0.223 e. The molecule has 4 nitrogen and oxygen atoms in total. The van der Waals surface area contributed by atoms with Gasteiger partial charge in [-0.2, -0.15) is 0 Å². The molecule has 0 spiro atoms. The van der Waals surface area contributed by atoms with E-state index >= 15 is 0 Å². The summed E-state index contributed by atoms with van der Waals surface area (Å²) in [5.74, 6) is 0.525. The minimum Gasteiger partial charge on any atom is -0.493 e. The summed E-state index contributed by atoms with van der Waals surface area (Å²) >= 11 is 5.74. The van der Waals surface area contributed by atoms with Crippen LogP contribution in [0.25, 0.3) is 0 Å². The molecule has 0 aliphatic heterocycles. The van der Waals surface area contributed by atoms with E-state index in [1.54, 1.807) is 38.1 Å². The molecule has 0 heterocycles. The van der Waals surface area contributed by atoms with Crippen LogP contribution in [-0.2, 0) is 4.79 Å². The fraction of sp³-hybridized carbons (Fsp3) is 0.462. The van der Waals surface area contributed by atoms with Crippen LogP contribution >= 0.6 is 11.6 Å². The number of carbonyl (C=O) groups excluding carboxylic acids is 1. The summed E-state index contributed by atoms with van der Waals surface area (Å²) in [6.45, 7) is 3.70. The van der Waals surface area contributed by atoms with Gasteiger partial charge in [0, 0.05) is 5.02 Å². The van der Waals surface area contributed by atoms with Gasteiger partial charge in [-0.15, -0.1) is 0 Å². The molecule has 0 saturated carbocycles. The van der Waals surface area contributed by atoms with Gasteiger partial charge in [0.1, 0.15) is 5.75 Å². The molecular formula is C13H18ClNO3. The molecule has 0 saturated heterocycles. The predicted octanol–water partition coefficient (Wildman–Crippen LogP) is 2.00. The number of rotatable bonds is 6. The lowest BCUT2D eigenvalue weighted by Crippen LogP contribution is -2.46. The number of amides is 1. The van der Waals surface area contributed by atoms with Crippen LogP contribution in [0.3, 0.4) is 0 Å². The van der Waals surface area contributed by atoms with E-state index in [1.165, 1.54) is 0 Å². The van der Waals surface area contributed by atoms with E-state index in [1.807, 2.05) is 0 Å². The fourth-order valence-electron chi connectivity index (χ4n) is 1.27. The van der Waals surface area contributed by atoms with Gasteiger partial charge in [0.05, 0.1) is 25.2 Å². The summed E-state index contributed by atoms with van der Waals surface area (Å²) < 4.78 is 5.40. The highest BCUT2D eigenvalue weighted by Gasteiger charge is 2.18. The van der Waals surface area contributed by atoms with Gasteiger partial charge in [-0.25, -0.2) is 0 Å². The highest BCUT2D eigenvalue weighted by molar-refractivity contribution is 6.30. The zero-order chi connectivity index (χ0) is 13.6. The minimum absolute atomic E-state index is 0.100. The normalized spacial score (nSPS) is 11.1. The topological polar surface area (TPSA) is 58.6 Å². The van der Waals surface area contributed by atoms with Crippen LogP contribution in [0.15, 0.2) is 24.3 Å². The van der Waals surface area contributed by atoms with Gasteiger partial charge in [0.25, 0.3) is 0 Å². The van der Waals surface area contributed by atoms with Gasteiger partial charge in [0.15, 0.2) is 0 Å². The van der Waals surface area contributed by atoms with Crippen molar-refractivity contribution in [3.8, 4) is 5.75 Å². The number of benzene rings is 1. The lowest BCUT2D eigenvalue weighted by molar-refractivity contribution is -0.123. The van der Waals surface area contributed by atoms with Crippen molar-refractivity contribution in [1.29, 1.82) is 0 Å². The van der Waals surface area contributed by atoms with E-state index in [-0.39, 0.29) is 25.5 Å². The third-order valence-electron chi connectivity index (χ3n) is 2.28. The Labute approximate surface area is 112 Å². The molecule has 0 aliphatic rings. The van der Waals surface area contributed by atoms with Crippen LogP contribution in [0, 0.1) is 0 Å². The molecule has 5 heteroatoms. The number of nitrogens with one attached hydrogen (secondary N) is 1. The number of hydrogen-bond donors (Lipinski definition) is 2.